The third-order valence-electron chi connectivity index (χ3n) is 3.18. The highest BCUT2D eigenvalue weighted by Crippen LogP contribution is 2.15. The van der Waals surface area contributed by atoms with Gasteiger partial charge in [-0.3, -0.25) is 9.59 Å². The Kier molecular flexibility index (Phi) is 7.05. The van der Waals surface area contributed by atoms with Crippen molar-refractivity contribution in [3.63, 3.8) is 0 Å². The first-order valence-corrected chi connectivity index (χ1v) is 7.71. The van der Waals surface area contributed by atoms with Gasteiger partial charge in [0.1, 0.15) is 0 Å². The van der Waals surface area contributed by atoms with Crippen molar-refractivity contribution in [1.29, 1.82) is 0 Å². The lowest BCUT2D eigenvalue weighted by Crippen LogP contribution is -2.36. The van der Waals surface area contributed by atoms with Crippen molar-refractivity contribution in [3.05, 3.63) is 29.8 Å². The molecule has 0 radical (unpaired) electrons. The van der Waals surface area contributed by atoms with E-state index in [4.69, 9.17) is 0 Å². The Morgan fingerprint density at radius 2 is 1.82 bits per heavy atom. The molecule has 0 atom stereocenters. The van der Waals surface area contributed by atoms with Gasteiger partial charge < -0.3 is 16.0 Å². The van der Waals surface area contributed by atoms with Crippen molar-refractivity contribution >= 4 is 17.5 Å². The lowest BCUT2D eigenvalue weighted by Gasteiger charge is -2.17. The first-order chi connectivity index (χ1) is 10.3. The minimum absolute atomic E-state index is 0.0483. The Hall–Kier alpha value is -1.88. The number of hydrogen-bond acceptors (Lipinski definition) is 3. The molecule has 5 nitrogen and oxygen atoms in total. The first kappa shape index (κ1) is 18.2. The minimum Gasteiger partial charge on any atom is -0.355 e. The van der Waals surface area contributed by atoms with E-state index >= 15 is 0 Å². The molecule has 0 aromatic heterocycles. The van der Waals surface area contributed by atoms with Crippen LogP contribution in [0.2, 0.25) is 0 Å². The molecule has 2 amide bonds. The van der Waals surface area contributed by atoms with E-state index in [9.17, 15) is 9.59 Å². The molecular weight excluding hydrogens is 278 g/mol. The van der Waals surface area contributed by atoms with Gasteiger partial charge in [0.2, 0.25) is 11.8 Å². The molecule has 5 heteroatoms. The first-order valence-electron chi connectivity index (χ1n) is 7.71. The van der Waals surface area contributed by atoms with Gasteiger partial charge in [0, 0.05) is 30.6 Å². The van der Waals surface area contributed by atoms with Gasteiger partial charge in [-0.05, 0) is 18.2 Å². The number of para-hydroxylation sites is 1. The number of nitrogens with one attached hydrogen (secondary N) is 3. The molecule has 1 rings (SSSR count). The van der Waals surface area contributed by atoms with Crippen LogP contribution in [0, 0.1) is 5.41 Å². The summed E-state index contributed by atoms with van der Waals surface area (Å²) >= 11 is 0. The molecule has 122 valence electrons. The van der Waals surface area contributed by atoms with Crippen LogP contribution in [0.4, 0.5) is 5.69 Å². The number of amides is 2. The largest absolute Gasteiger partial charge is 0.355 e. The van der Waals surface area contributed by atoms with Crippen molar-refractivity contribution in [2.45, 2.75) is 40.7 Å². The predicted molar refractivity (Wildman–Crippen MR) is 89.5 cm³/mol. The molecule has 1 aromatic rings. The number of rotatable bonds is 7. The van der Waals surface area contributed by atoms with Crippen LogP contribution in [0.3, 0.4) is 0 Å². The minimum atomic E-state index is -0.436. The summed E-state index contributed by atoms with van der Waals surface area (Å²) in [6.07, 6.45) is 0.261. The molecule has 0 heterocycles. The Balaban J connectivity index is 2.47. The van der Waals surface area contributed by atoms with Crippen molar-refractivity contribution < 1.29 is 9.59 Å². The Bertz CT molecular complexity index is 507. The fourth-order valence-electron chi connectivity index (χ4n) is 1.82. The fourth-order valence-corrected chi connectivity index (χ4v) is 1.82. The van der Waals surface area contributed by atoms with Crippen LogP contribution in [0.5, 0.6) is 0 Å². The normalized spacial score (nSPS) is 11.1. The molecule has 0 fully saturated rings. The summed E-state index contributed by atoms with van der Waals surface area (Å²) in [5.41, 5.74) is 1.43. The molecule has 3 N–H and O–H groups in total. The van der Waals surface area contributed by atoms with Crippen LogP contribution in [-0.2, 0) is 16.1 Å². The SMILES string of the molecule is CCNCc1ccccc1NC(=O)CCNC(=O)C(C)(C)C. The molecule has 0 spiro atoms. The third-order valence-corrected chi connectivity index (χ3v) is 3.18. The summed E-state index contributed by atoms with van der Waals surface area (Å²) in [7, 11) is 0. The van der Waals surface area contributed by atoms with Gasteiger partial charge in [-0.1, -0.05) is 45.9 Å². The topological polar surface area (TPSA) is 70.2 Å². The van der Waals surface area contributed by atoms with Crippen molar-refractivity contribution in [2.75, 3.05) is 18.4 Å². The van der Waals surface area contributed by atoms with Gasteiger partial charge in [-0.25, -0.2) is 0 Å². The zero-order chi connectivity index (χ0) is 16.6. The molecule has 0 unspecified atom stereocenters. The quantitative estimate of drug-likeness (QED) is 0.724. The van der Waals surface area contributed by atoms with Gasteiger partial charge in [-0.15, -0.1) is 0 Å². The van der Waals surface area contributed by atoms with E-state index in [0.717, 1.165) is 17.8 Å². The summed E-state index contributed by atoms with van der Waals surface area (Å²) in [5, 5.41) is 8.92. The van der Waals surface area contributed by atoms with E-state index in [1.807, 2.05) is 52.0 Å². The molecule has 1 aromatic carbocycles. The van der Waals surface area contributed by atoms with Crippen LogP contribution in [0.25, 0.3) is 0 Å². The van der Waals surface area contributed by atoms with Gasteiger partial charge in [0.05, 0.1) is 0 Å². The average molecular weight is 305 g/mol. The molecule has 0 aliphatic heterocycles. The fraction of sp³-hybridized carbons (Fsp3) is 0.529. The van der Waals surface area contributed by atoms with E-state index in [2.05, 4.69) is 16.0 Å². The standard InChI is InChI=1S/C17H27N3O2/c1-5-18-12-13-8-6-7-9-14(13)20-15(21)10-11-19-16(22)17(2,3)4/h6-9,18H,5,10-12H2,1-4H3,(H,19,22)(H,20,21). The second kappa shape index (κ2) is 8.54. The van der Waals surface area contributed by atoms with Crippen LogP contribution >= 0.6 is 0 Å². The highest BCUT2D eigenvalue weighted by molar-refractivity contribution is 5.92. The summed E-state index contributed by atoms with van der Waals surface area (Å²) in [6.45, 7) is 9.52. The number of hydrogen-bond donors (Lipinski definition) is 3. The zero-order valence-corrected chi connectivity index (χ0v) is 14.0. The van der Waals surface area contributed by atoms with Crippen molar-refractivity contribution in [3.8, 4) is 0 Å². The number of carbonyl (C=O) groups is 2. The maximum Gasteiger partial charge on any atom is 0.226 e. The van der Waals surface area contributed by atoms with Crippen LogP contribution in [-0.4, -0.2) is 24.9 Å². The van der Waals surface area contributed by atoms with E-state index in [1.165, 1.54) is 0 Å². The van der Waals surface area contributed by atoms with Crippen LogP contribution in [0.1, 0.15) is 39.7 Å². The molecule has 0 saturated carbocycles. The summed E-state index contributed by atoms with van der Waals surface area (Å²) < 4.78 is 0. The number of benzene rings is 1. The van der Waals surface area contributed by atoms with Gasteiger partial charge >= 0.3 is 0 Å². The average Bonchev–Trinajstić information content (AvgIpc) is 2.45. The second-order valence-electron chi connectivity index (χ2n) is 6.24. The second-order valence-corrected chi connectivity index (χ2v) is 6.24. The number of carbonyl (C=O) groups excluding carboxylic acids is 2. The van der Waals surface area contributed by atoms with E-state index in [-0.39, 0.29) is 18.2 Å². The highest BCUT2D eigenvalue weighted by Gasteiger charge is 2.20. The number of anilines is 1. The van der Waals surface area contributed by atoms with Crippen LogP contribution < -0.4 is 16.0 Å². The maximum absolute atomic E-state index is 12.0. The molecule has 0 bridgehead atoms. The molecule has 22 heavy (non-hydrogen) atoms. The predicted octanol–water partition coefficient (Wildman–Crippen LogP) is 2.29. The highest BCUT2D eigenvalue weighted by atomic mass is 16.2. The third kappa shape index (κ3) is 6.26. The molecule has 0 aliphatic carbocycles. The van der Waals surface area contributed by atoms with Gasteiger partial charge in [-0.2, -0.15) is 0 Å². The molecular formula is C17H27N3O2. The Labute approximate surface area is 132 Å². The monoisotopic (exact) mass is 305 g/mol. The maximum atomic E-state index is 12.0. The Morgan fingerprint density at radius 3 is 2.45 bits per heavy atom. The smallest absolute Gasteiger partial charge is 0.226 e. The lowest BCUT2D eigenvalue weighted by atomic mass is 9.96. The van der Waals surface area contributed by atoms with Crippen molar-refractivity contribution in [1.82, 2.24) is 10.6 Å². The summed E-state index contributed by atoms with van der Waals surface area (Å²) in [6, 6.07) is 7.72. The Morgan fingerprint density at radius 1 is 1.14 bits per heavy atom. The van der Waals surface area contributed by atoms with E-state index in [0.29, 0.717) is 13.1 Å². The van der Waals surface area contributed by atoms with Gasteiger partial charge in [0.15, 0.2) is 0 Å². The molecule has 0 saturated heterocycles. The van der Waals surface area contributed by atoms with E-state index in [1.54, 1.807) is 0 Å². The summed E-state index contributed by atoms with van der Waals surface area (Å²) in [4.78, 5) is 23.7. The zero-order valence-electron chi connectivity index (χ0n) is 14.0. The molecule has 0 aliphatic rings. The van der Waals surface area contributed by atoms with Gasteiger partial charge in [0.25, 0.3) is 0 Å². The summed E-state index contributed by atoms with van der Waals surface area (Å²) in [5.74, 6) is -0.147. The van der Waals surface area contributed by atoms with Crippen molar-refractivity contribution in [2.24, 2.45) is 5.41 Å². The van der Waals surface area contributed by atoms with E-state index < -0.39 is 5.41 Å². The van der Waals surface area contributed by atoms with Crippen LogP contribution in [0.15, 0.2) is 24.3 Å². The lowest BCUT2D eigenvalue weighted by molar-refractivity contribution is -0.128.